The molecule has 5 heteroatoms. The highest BCUT2D eigenvalue weighted by atomic mass is 19.1. The third-order valence-corrected chi connectivity index (χ3v) is 2.89. The van der Waals surface area contributed by atoms with Gasteiger partial charge in [0, 0.05) is 6.07 Å². The maximum absolute atomic E-state index is 12.8. The van der Waals surface area contributed by atoms with Crippen molar-refractivity contribution in [3.05, 3.63) is 48.3 Å². The SMILES string of the molecule is OC[C@@H]1COc2ccc(Oc3ccc(F)cc3)cc2O1. The van der Waals surface area contributed by atoms with E-state index >= 15 is 0 Å². The average Bonchev–Trinajstić information content (AvgIpc) is 2.49. The standard InChI is InChI=1S/C15H13FO4/c16-10-1-3-11(4-2-10)19-12-5-6-14-15(7-12)20-13(8-17)9-18-14/h1-7,13,17H,8-9H2/t13-/m1/s1. The fourth-order valence-electron chi connectivity index (χ4n) is 1.89. The molecule has 20 heavy (non-hydrogen) atoms. The van der Waals surface area contributed by atoms with E-state index in [1.807, 2.05) is 0 Å². The van der Waals surface area contributed by atoms with E-state index < -0.39 is 0 Å². The van der Waals surface area contributed by atoms with Gasteiger partial charge in [-0.25, -0.2) is 4.39 Å². The summed E-state index contributed by atoms with van der Waals surface area (Å²) in [5, 5.41) is 9.08. The van der Waals surface area contributed by atoms with E-state index in [9.17, 15) is 4.39 Å². The van der Waals surface area contributed by atoms with Gasteiger partial charge in [0.1, 0.15) is 23.9 Å². The third-order valence-electron chi connectivity index (χ3n) is 2.89. The Morgan fingerprint density at radius 3 is 2.60 bits per heavy atom. The Morgan fingerprint density at radius 2 is 1.85 bits per heavy atom. The van der Waals surface area contributed by atoms with Gasteiger partial charge in [0.05, 0.1) is 6.61 Å². The number of aliphatic hydroxyl groups is 1. The number of benzene rings is 2. The molecule has 1 atom stereocenters. The Labute approximate surface area is 115 Å². The lowest BCUT2D eigenvalue weighted by molar-refractivity contribution is 0.0454. The lowest BCUT2D eigenvalue weighted by Crippen LogP contribution is -2.32. The monoisotopic (exact) mass is 276 g/mol. The van der Waals surface area contributed by atoms with Crippen molar-refractivity contribution >= 4 is 0 Å². The maximum Gasteiger partial charge on any atom is 0.165 e. The largest absolute Gasteiger partial charge is 0.486 e. The predicted octanol–water partition coefficient (Wildman–Crippen LogP) is 2.75. The smallest absolute Gasteiger partial charge is 0.165 e. The van der Waals surface area contributed by atoms with E-state index in [-0.39, 0.29) is 18.5 Å². The maximum atomic E-state index is 12.8. The fraction of sp³-hybridized carbons (Fsp3) is 0.200. The number of halogens is 1. The van der Waals surface area contributed by atoms with Gasteiger partial charge >= 0.3 is 0 Å². The van der Waals surface area contributed by atoms with Crippen LogP contribution in [-0.2, 0) is 0 Å². The molecular weight excluding hydrogens is 263 g/mol. The highest BCUT2D eigenvalue weighted by molar-refractivity contribution is 5.47. The van der Waals surface area contributed by atoms with Crippen LogP contribution in [0.5, 0.6) is 23.0 Å². The van der Waals surface area contributed by atoms with Crippen LogP contribution in [0.4, 0.5) is 4.39 Å². The summed E-state index contributed by atoms with van der Waals surface area (Å²) in [5.74, 6) is 1.90. The Hall–Kier alpha value is -2.27. The lowest BCUT2D eigenvalue weighted by atomic mass is 10.2. The first-order valence-corrected chi connectivity index (χ1v) is 6.22. The van der Waals surface area contributed by atoms with Crippen molar-refractivity contribution in [1.82, 2.24) is 0 Å². The zero-order valence-corrected chi connectivity index (χ0v) is 10.6. The van der Waals surface area contributed by atoms with Gasteiger partial charge in [-0.05, 0) is 36.4 Å². The Morgan fingerprint density at radius 1 is 1.10 bits per heavy atom. The van der Waals surface area contributed by atoms with Crippen LogP contribution in [-0.4, -0.2) is 24.4 Å². The summed E-state index contributed by atoms with van der Waals surface area (Å²) < 4.78 is 29.4. The minimum Gasteiger partial charge on any atom is -0.486 e. The van der Waals surface area contributed by atoms with Crippen molar-refractivity contribution in [1.29, 1.82) is 0 Å². The van der Waals surface area contributed by atoms with Crippen LogP contribution in [0.3, 0.4) is 0 Å². The minimum absolute atomic E-state index is 0.109. The van der Waals surface area contributed by atoms with E-state index in [0.29, 0.717) is 29.6 Å². The van der Waals surface area contributed by atoms with Crippen molar-refractivity contribution in [3.63, 3.8) is 0 Å². The molecule has 0 aliphatic carbocycles. The fourth-order valence-corrected chi connectivity index (χ4v) is 1.89. The molecule has 1 heterocycles. The van der Waals surface area contributed by atoms with Gasteiger partial charge in [-0.15, -0.1) is 0 Å². The summed E-state index contributed by atoms with van der Waals surface area (Å²) in [7, 11) is 0. The van der Waals surface area contributed by atoms with E-state index in [1.54, 1.807) is 30.3 Å². The first-order chi connectivity index (χ1) is 9.74. The van der Waals surface area contributed by atoms with Gasteiger partial charge in [-0.1, -0.05) is 0 Å². The van der Waals surface area contributed by atoms with Crippen LogP contribution in [0.2, 0.25) is 0 Å². The van der Waals surface area contributed by atoms with E-state index in [1.165, 1.54) is 12.1 Å². The number of rotatable bonds is 3. The molecule has 0 saturated carbocycles. The van der Waals surface area contributed by atoms with Crippen LogP contribution in [0, 0.1) is 5.82 Å². The van der Waals surface area contributed by atoms with Gasteiger partial charge < -0.3 is 19.3 Å². The molecule has 0 fully saturated rings. The van der Waals surface area contributed by atoms with Crippen molar-refractivity contribution < 1.29 is 23.7 Å². The van der Waals surface area contributed by atoms with Gasteiger partial charge in [-0.3, -0.25) is 0 Å². The Balaban J connectivity index is 1.79. The Bertz CT molecular complexity index is 597. The van der Waals surface area contributed by atoms with Crippen LogP contribution in [0.15, 0.2) is 42.5 Å². The van der Waals surface area contributed by atoms with Crippen LogP contribution in [0.25, 0.3) is 0 Å². The Kier molecular flexibility index (Phi) is 3.43. The highest BCUT2D eigenvalue weighted by Crippen LogP contribution is 2.36. The summed E-state index contributed by atoms with van der Waals surface area (Å²) >= 11 is 0. The summed E-state index contributed by atoms with van der Waals surface area (Å²) in [6.45, 7) is 0.212. The zero-order valence-electron chi connectivity index (χ0n) is 10.6. The first-order valence-electron chi connectivity index (χ1n) is 6.22. The second kappa shape index (κ2) is 5.38. The predicted molar refractivity (Wildman–Crippen MR) is 69.9 cm³/mol. The molecule has 1 aliphatic rings. The molecule has 2 aromatic carbocycles. The summed E-state index contributed by atoms with van der Waals surface area (Å²) in [4.78, 5) is 0. The summed E-state index contributed by atoms with van der Waals surface area (Å²) in [5.41, 5.74) is 0. The van der Waals surface area contributed by atoms with Gasteiger partial charge in [0.2, 0.25) is 0 Å². The number of ether oxygens (including phenoxy) is 3. The molecule has 0 aromatic heterocycles. The normalized spacial score (nSPS) is 16.8. The molecule has 1 aliphatic heterocycles. The second-order valence-electron chi connectivity index (χ2n) is 4.40. The van der Waals surface area contributed by atoms with E-state index in [2.05, 4.69) is 0 Å². The summed E-state index contributed by atoms with van der Waals surface area (Å²) in [6, 6.07) is 10.9. The molecular formula is C15H13FO4. The minimum atomic E-state index is -0.372. The lowest BCUT2D eigenvalue weighted by Gasteiger charge is -2.25. The number of hydrogen-bond donors (Lipinski definition) is 1. The first kappa shape index (κ1) is 12.7. The van der Waals surface area contributed by atoms with E-state index in [0.717, 1.165) is 0 Å². The van der Waals surface area contributed by atoms with Crippen LogP contribution < -0.4 is 14.2 Å². The van der Waals surface area contributed by atoms with E-state index in [4.69, 9.17) is 19.3 Å². The van der Waals surface area contributed by atoms with Crippen molar-refractivity contribution in [2.75, 3.05) is 13.2 Å². The number of aliphatic hydroxyl groups excluding tert-OH is 1. The average molecular weight is 276 g/mol. The molecule has 3 rings (SSSR count). The molecule has 0 spiro atoms. The summed E-state index contributed by atoms with van der Waals surface area (Å²) in [6.07, 6.45) is -0.372. The zero-order chi connectivity index (χ0) is 13.9. The molecule has 0 unspecified atom stereocenters. The highest BCUT2D eigenvalue weighted by Gasteiger charge is 2.20. The topological polar surface area (TPSA) is 47.9 Å². The molecule has 1 N–H and O–H groups in total. The molecule has 0 radical (unpaired) electrons. The number of fused-ring (bicyclic) bond motifs is 1. The van der Waals surface area contributed by atoms with Crippen molar-refractivity contribution in [3.8, 4) is 23.0 Å². The molecule has 104 valence electrons. The van der Waals surface area contributed by atoms with Gasteiger partial charge in [-0.2, -0.15) is 0 Å². The van der Waals surface area contributed by atoms with Gasteiger partial charge in [0.25, 0.3) is 0 Å². The molecule has 4 nitrogen and oxygen atoms in total. The van der Waals surface area contributed by atoms with Crippen molar-refractivity contribution in [2.45, 2.75) is 6.10 Å². The van der Waals surface area contributed by atoms with Crippen LogP contribution in [0.1, 0.15) is 0 Å². The molecule has 0 saturated heterocycles. The van der Waals surface area contributed by atoms with Crippen molar-refractivity contribution in [2.24, 2.45) is 0 Å². The molecule has 2 aromatic rings. The molecule has 0 bridgehead atoms. The third kappa shape index (κ3) is 2.67. The number of hydrogen-bond acceptors (Lipinski definition) is 4. The quantitative estimate of drug-likeness (QED) is 0.936. The second-order valence-corrected chi connectivity index (χ2v) is 4.40. The van der Waals surface area contributed by atoms with Gasteiger partial charge in [0.15, 0.2) is 17.6 Å². The molecule has 0 amide bonds. The van der Waals surface area contributed by atoms with Crippen LogP contribution >= 0.6 is 0 Å².